The average molecular weight is 442 g/mol. The molecule has 3 rings (SSSR count). The molecule has 3 nitrogen and oxygen atoms in total. The van der Waals surface area contributed by atoms with Crippen molar-refractivity contribution in [1.82, 2.24) is 4.90 Å². The van der Waals surface area contributed by atoms with Crippen molar-refractivity contribution in [2.45, 2.75) is 52.5 Å². The van der Waals surface area contributed by atoms with E-state index in [4.69, 9.17) is 0 Å². The van der Waals surface area contributed by atoms with E-state index < -0.39 is 0 Å². The summed E-state index contributed by atoms with van der Waals surface area (Å²) in [4.78, 5) is 1.91. The van der Waals surface area contributed by atoms with E-state index in [1.165, 1.54) is 24.3 Å². The van der Waals surface area contributed by atoms with Crippen LogP contribution in [0, 0.1) is 17.6 Å². The fourth-order valence-electron chi connectivity index (χ4n) is 4.79. The summed E-state index contributed by atoms with van der Waals surface area (Å²) in [6.45, 7) is 5.78. The maximum Gasteiger partial charge on any atom is 0.123 e. The van der Waals surface area contributed by atoms with Crippen molar-refractivity contribution in [3.8, 4) is 0 Å². The maximum absolute atomic E-state index is 13.7. The molecule has 0 saturated carbocycles. The Morgan fingerprint density at radius 1 is 0.906 bits per heavy atom. The molecule has 0 saturated heterocycles. The molecule has 0 radical (unpaired) electrons. The van der Waals surface area contributed by atoms with Gasteiger partial charge in [-0.25, -0.2) is 8.78 Å². The Bertz CT molecular complexity index is 962. The van der Waals surface area contributed by atoms with Crippen LogP contribution in [0.15, 0.2) is 65.4 Å². The average Bonchev–Trinajstić information content (AvgIpc) is 2.79. The molecule has 2 aromatic carbocycles. The lowest BCUT2D eigenvalue weighted by Crippen LogP contribution is -2.37. The number of halogens is 2. The molecule has 2 aromatic rings. The van der Waals surface area contributed by atoms with Crippen molar-refractivity contribution in [1.29, 1.82) is 0 Å². The van der Waals surface area contributed by atoms with Crippen LogP contribution in [0.1, 0.15) is 63.6 Å². The Balaban J connectivity index is 2.32. The fourth-order valence-corrected chi connectivity index (χ4v) is 4.79. The molecule has 5 heteroatoms. The van der Waals surface area contributed by atoms with E-state index >= 15 is 0 Å². The summed E-state index contributed by atoms with van der Waals surface area (Å²) in [5, 5.41) is 20.9. The van der Waals surface area contributed by atoms with Gasteiger partial charge in [0.2, 0.25) is 0 Å². The molecule has 2 N–H and O–H groups in total. The number of unbranched alkanes of at least 4 members (excludes halogenated alkanes) is 2. The molecule has 1 atom stereocenters. The SMILES string of the molecule is CCCCCC1=C(c2ccc(F)cc2)C(CO)=C(C(C)C)N(CO)C1c1ccc(F)cc1. The van der Waals surface area contributed by atoms with Crippen LogP contribution in [0.3, 0.4) is 0 Å². The van der Waals surface area contributed by atoms with E-state index in [9.17, 15) is 19.0 Å². The number of benzene rings is 2. The summed E-state index contributed by atoms with van der Waals surface area (Å²) < 4.78 is 27.5. The second-order valence-electron chi connectivity index (χ2n) is 8.61. The van der Waals surface area contributed by atoms with Gasteiger partial charge in [0, 0.05) is 11.3 Å². The Labute approximate surface area is 189 Å². The van der Waals surface area contributed by atoms with Gasteiger partial charge in [-0.1, -0.05) is 57.9 Å². The molecule has 32 heavy (non-hydrogen) atoms. The highest BCUT2D eigenvalue weighted by Gasteiger charge is 2.36. The minimum absolute atomic E-state index is 0.0277. The second-order valence-corrected chi connectivity index (χ2v) is 8.61. The third kappa shape index (κ3) is 4.94. The summed E-state index contributed by atoms with van der Waals surface area (Å²) in [7, 11) is 0. The first-order chi connectivity index (χ1) is 15.4. The summed E-state index contributed by atoms with van der Waals surface area (Å²) in [5.74, 6) is -0.602. The van der Waals surface area contributed by atoms with Crippen LogP contribution in [0.25, 0.3) is 5.57 Å². The van der Waals surface area contributed by atoms with Crippen LogP contribution in [-0.2, 0) is 0 Å². The normalized spacial score (nSPS) is 17.0. The van der Waals surface area contributed by atoms with E-state index in [0.29, 0.717) is 0 Å². The van der Waals surface area contributed by atoms with Gasteiger partial charge in [-0.15, -0.1) is 0 Å². The molecule has 1 aliphatic rings. The molecule has 0 bridgehead atoms. The van der Waals surface area contributed by atoms with Crippen LogP contribution < -0.4 is 0 Å². The molecule has 0 fully saturated rings. The predicted octanol–water partition coefficient (Wildman–Crippen LogP) is 6.21. The first kappa shape index (κ1) is 24.1. The van der Waals surface area contributed by atoms with Gasteiger partial charge >= 0.3 is 0 Å². The van der Waals surface area contributed by atoms with E-state index in [0.717, 1.165) is 59.2 Å². The molecule has 0 aromatic heterocycles. The zero-order chi connectivity index (χ0) is 23.3. The largest absolute Gasteiger partial charge is 0.392 e. The Kier molecular flexibility index (Phi) is 8.21. The lowest BCUT2D eigenvalue weighted by Gasteiger charge is -2.44. The van der Waals surface area contributed by atoms with E-state index in [1.807, 2.05) is 18.7 Å². The van der Waals surface area contributed by atoms with Gasteiger partial charge in [0.05, 0.1) is 12.6 Å². The van der Waals surface area contributed by atoms with Crippen LogP contribution in [-0.4, -0.2) is 28.5 Å². The summed E-state index contributed by atoms with van der Waals surface area (Å²) >= 11 is 0. The van der Waals surface area contributed by atoms with Crippen molar-refractivity contribution in [2.24, 2.45) is 5.92 Å². The molecule has 0 amide bonds. The van der Waals surface area contributed by atoms with E-state index in [-0.39, 0.29) is 36.9 Å². The van der Waals surface area contributed by atoms with Gasteiger partial charge in [-0.05, 0) is 65.3 Å². The van der Waals surface area contributed by atoms with Crippen molar-refractivity contribution in [3.05, 3.63) is 88.1 Å². The zero-order valence-corrected chi connectivity index (χ0v) is 19.1. The molecule has 1 heterocycles. The number of aliphatic hydroxyl groups excluding tert-OH is 2. The lowest BCUT2D eigenvalue weighted by molar-refractivity contribution is 0.0972. The molecule has 0 aliphatic carbocycles. The van der Waals surface area contributed by atoms with Gasteiger partial charge in [-0.2, -0.15) is 0 Å². The number of rotatable bonds is 9. The smallest absolute Gasteiger partial charge is 0.123 e. The van der Waals surface area contributed by atoms with Crippen molar-refractivity contribution in [2.75, 3.05) is 13.3 Å². The molecule has 1 aliphatic heterocycles. The summed E-state index contributed by atoms with van der Waals surface area (Å²) in [5.41, 5.74) is 5.28. The van der Waals surface area contributed by atoms with E-state index in [1.54, 1.807) is 24.3 Å². The number of hydrogen-bond acceptors (Lipinski definition) is 3. The Morgan fingerprint density at radius 2 is 1.50 bits per heavy atom. The predicted molar refractivity (Wildman–Crippen MR) is 124 cm³/mol. The number of hydrogen-bond donors (Lipinski definition) is 2. The number of allylic oxidation sites excluding steroid dienone is 1. The number of nitrogens with zero attached hydrogens (tertiary/aromatic N) is 1. The Hall–Kier alpha value is -2.50. The van der Waals surface area contributed by atoms with Crippen LogP contribution in [0.4, 0.5) is 8.78 Å². The van der Waals surface area contributed by atoms with Gasteiger partial charge in [-0.3, -0.25) is 0 Å². The third-order valence-electron chi connectivity index (χ3n) is 6.11. The third-order valence-corrected chi connectivity index (χ3v) is 6.11. The minimum atomic E-state index is -0.316. The van der Waals surface area contributed by atoms with Crippen LogP contribution in [0.5, 0.6) is 0 Å². The van der Waals surface area contributed by atoms with Crippen molar-refractivity contribution < 1.29 is 19.0 Å². The van der Waals surface area contributed by atoms with Gasteiger partial charge in [0.15, 0.2) is 0 Å². The molecule has 0 spiro atoms. The molecule has 172 valence electrons. The summed E-state index contributed by atoms with van der Waals surface area (Å²) in [6.07, 6.45) is 3.81. The highest BCUT2D eigenvalue weighted by atomic mass is 19.1. The standard InChI is InChI=1S/C27H33F2NO2/c1-4-5-6-7-23-25(19-8-12-21(28)13-9-19)24(16-31)26(18(2)3)30(17-32)27(23)20-10-14-22(29)15-11-20/h8-15,18,27,31-32H,4-7,16-17H2,1-3H3. The van der Waals surface area contributed by atoms with Crippen molar-refractivity contribution in [3.63, 3.8) is 0 Å². The van der Waals surface area contributed by atoms with E-state index in [2.05, 4.69) is 6.92 Å². The van der Waals surface area contributed by atoms with Crippen LogP contribution >= 0.6 is 0 Å². The molecular weight excluding hydrogens is 408 g/mol. The summed E-state index contributed by atoms with van der Waals surface area (Å²) in [6, 6.07) is 12.4. The van der Waals surface area contributed by atoms with Gasteiger partial charge in [0.25, 0.3) is 0 Å². The highest BCUT2D eigenvalue weighted by Crippen LogP contribution is 2.48. The first-order valence-corrected chi connectivity index (χ1v) is 11.4. The quantitative estimate of drug-likeness (QED) is 0.455. The zero-order valence-electron chi connectivity index (χ0n) is 19.1. The lowest BCUT2D eigenvalue weighted by atomic mass is 9.78. The highest BCUT2D eigenvalue weighted by molar-refractivity contribution is 5.84. The fraction of sp³-hybridized carbons (Fsp3) is 0.407. The first-order valence-electron chi connectivity index (χ1n) is 11.4. The topological polar surface area (TPSA) is 43.7 Å². The second kappa shape index (κ2) is 10.9. The minimum Gasteiger partial charge on any atom is -0.392 e. The molecular formula is C27H33F2NO2. The van der Waals surface area contributed by atoms with Crippen molar-refractivity contribution >= 4 is 5.57 Å². The monoisotopic (exact) mass is 441 g/mol. The van der Waals surface area contributed by atoms with Crippen LogP contribution in [0.2, 0.25) is 0 Å². The molecule has 1 unspecified atom stereocenters. The van der Waals surface area contributed by atoms with Gasteiger partial charge < -0.3 is 15.1 Å². The van der Waals surface area contributed by atoms with Gasteiger partial charge in [0.1, 0.15) is 18.4 Å². The maximum atomic E-state index is 13.7. The Morgan fingerprint density at radius 3 is 2.00 bits per heavy atom. The number of aliphatic hydroxyl groups is 2.